The Bertz CT molecular complexity index is 289. The van der Waals surface area contributed by atoms with Gasteiger partial charge >= 0.3 is 0 Å². The van der Waals surface area contributed by atoms with Gasteiger partial charge in [0, 0.05) is 6.54 Å². The van der Waals surface area contributed by atoms with Gasteiger partial charge in [-0.1, -0.05) is 13.8 Å². The third-order valence-electron chi connectivity index (χ3n) is 2.43. The van der Waals surface area contributed by atoms with Gasteiger partial charge < -0.3 is 15.9 Å². The fourth-order valence-corrected chi connectivity index (χ4v) is 0.911. The lowest BCUT2D eigenvalue weighted by atomic mass is 9.90. The average Bonchev–Trinajstić information content (AvgIpc) is 2.23. The summed E-state index contributed by atoms with van der Waals surface area (Å²) >= 11 is 0. The molecule has 0 heterocycles. The van der Waals surface area contributed by atoms with E-state index in [0.717, 1.165) is 0 Å². The van der Waals surface area contributed by atoms with Crippen LogP contribution in [0.25, 0.3) is 0 Å². The van der Waals surface area contributed by atoms with E-state index in [-0.39, 0.29) is 17.9 Å². The molecule has 0 aromatic heterocycles. The minimum Gasteiger partial charge on any atom is -0.355 e. The smallest absolute Gasteiger partial charge is 0.294 e. The molecule has 0 fully saturated rings. The number of rotatable bonds is 7. The molecule has 0 aromatic rings. The first-order valence-electron chi connectivity index (χ1n) is 5.36. The SMILES string of the molecule is CC(C)(CN)CNC(=O)C(C)(C)CO[N+](=O)[O-]. The van der Waals surface area contributed by atoms with Crippen LogP contribution in [0.4, 0.5) is 0 Å². The number of carbonyl (C=O) groups excluding carboxylic acids is 1. The molecule has 0 bridgehead atoms. The van der Waals surface area contributed by atoms with Gasteiger partial charge in [0.15, 0.2) is 0 Å². The molecule has 100 valence electrons. The maximum absolute atomic E-state index is 11.8. The van der Waals surface area contributed by atoms with Crippen molar-refractivity contribution < 1.29 is 14.7 Å². The molecule has 1 amide bonds. The molecular formula is C10H21N3O4. The summed E-state index contributed by atoms with van der Waals surface area (Å²) in [7, 11) is 0. The van der Waals surface area contributed by atoms with Gasteiger partial charge in [-0.3, -0.25) is 4.79 Å². The summed E-state index contributed by atoms with van der Waals surface area (Å²) in [6, 6.07) is 0. The summed E-state index contributed by atoms with van der Waals surface area (Å²) in [4.78, 5) is 26.1. The zero-order valence-corrected chi connectivity index (χ0v) is 10.8. The van der Waals surface area contributed by atoms with Gasteiger partial charge in [-0.05, 0) is 25.8 Å². The van der Waals surface area contributed by atoms with Crippen molar-refractivity contribution in [2.45, 2.75) is 27.7 Å². The number of nitrogens with one attached hydrogen (secondary N) is 1. The Morgan fingerprint density at radius 1 is 1.41 bits per heavy atom. The molecule has 0 aliphatic carbocycles. The van der Waals surface area contributed by atoms with E-state index < -0.39 is 10.5 Å². The fourth-order valence-electron chi connectivity index (χ4n) is 0.911. The molecule has 0 aromatic carbocycles. The maximum Gasteiger partial charge on any atom is 0.294 e. The lowest BCUT2D eigenvalue weighted by Gasteiger charge is -2.27. The third-order valence-corrected chi connectivity index (χ3v) is 2.43. The highest BCUT2D eigenvalue weighted by Crippen LogP contribution is 2.17. The monoisotopic (exact) mass is 247 g/mol. The Balaban J connectivity index is 4.25. The van der Waals surface area contributed by atoms with Gasteiger partial charge in [0.25, 0.3) is 5.09 Å². The molecule has 0 saturated heterocycles. The zero-order chi connectivity index (χ0) is 13.7. The second kappa shape index (κ2) is 5.81. The van der Waals surface area contributed by atoms with Crippen LogP contribution < -0.4 is 11.1 Å². The fraction of sp³-hybridized carbons (Fsp3) is 0.900. The number of carbonyl (C=O) groups is 1. The summed E-state index contributed by atoms with van der Waals surface area (Å²) in [6.07, 6.45) is 0. The molecule has 0 unspecified atom stereocenters. The van der Waals surface area contributed by atoms with Crippen LogP contribution in [0.2, 0.25) is 0 Å². The molecule has 7 heteroatoms. The largest absolute Gasteiger partial charge is 0.355 e. The van der Waals surface area contributed by atoms with E-state index in [4.69, 9.17) is 5.73 Å². The van der Waals surface area contributed by atoms with Crippen LogP contribution in [0.1, 0.15) is 27.7 Å². The Morgan fingerprint density at radius 3 is 2.35 bits per heavy atom. The first-order chi connectivity index (χ1) is 7.60. The number of nitrogens with zero attached hydrogens (tertiary/aromatic N) is 1. The van der Waals surface area contributed by atoms with Crippen molar-refractivity contribution in [1.82, 2.24) is 5.32 Å². The number of hydrogen-bond acceptors (Lipinski definition) is 5. The topological polar surface area (TPSA) is 107 Å². The van der Waals surface area contributed by atoms with Gasteiger partial charge in [-0.15, -0.1) is 10.1 Å². The number of nitrogens with two attached hydrogens (primary N) is 1. The molecule has 0 atom stereocenters. The average molecular weight is 247 g/mol. The van der Waals surface area contributed by atoms with Gasteiger partial charge in [0.1, 0.15) is 6.61 Å². The predicted octanol–water partition coefficient (Wildman–Crippen LogP) is 0.322. The normalized spacial score (nSPS) is 12.1. The first-order valence-corrected chi connectivity index (χ1v) is 5.36. The molecule has 0 aliphatic rings. The minimum absolute atomic E-state index is 0.199. The highest BCUT2D eigenvalue weighted by molar-refractivity contribution is 5.81. The van der Waals surface area contributed by atoms with Crippen LogP contribution in [0.5, 0.6) is 0 Å². The summed E-state index contributed by atoms with van der Waals surface area (Å²) in [5.41, 5.74) is 4.39. The summed E-state index contributed by atoms with van der Waals surface area (Å²) < 4.78 is 0. The Kier molecular flexibility index (Phi) is 5.34. The van der Waals surface area contributed by atoms with Crippen molar-refractivity contribution in [3.8, 4) is 0 Å². The van der Waals surface area contributed by atoms with E-state index in [1.54, 1.807) is 13.8 Å². The second-order valence-corrected chi connectivity index (χ2v) is 5.43. The van der Waals surface area contributed by atoms with Gasteiger partial charge in [-0.2, -0.15) is 0 Å². The third kappa shape index (κ3) is 6.06. The first kappa shape index (κ1) is 15.6. The standard InChI is InChI=1S/C10H21N3O4/c1-9(2,5-11)6-12-8(14)10(3,4)7-17-13(15)16/h5-7,11H2,1-4H3,(H,12,14). The van der Waals surface area contributed by atoms with E-state index in [2.05, 4.69) is 10.2 Å². The van der Waals surface area contributed by atoms with Crippen LogP contribution >= 0.6 is 0 Å². The molecule has 7 nitrogen and oxygen atoms in total. The molecule has 0 spiro atoms. The zero-order valence-electron chi connectivity index (χ0n) is 10.8. The molecule has 0 radical (unpaired) electrons. The van der Waals surface area contributed by atoms with E-state index in [1.165, 1.54) is 0 Å². The van der Waals surface area contributed by atoms with E-state index in [9.17, 15) is 14.9 Å². The number of amides is 1. The lowest BCUT2D eigenvalue weighted by molar-refractivity contribution is -0.760. The molecule has 0 aliphatic heterocycles. The molecule has 17 heavy (non-hydrogen) atoms. The lowest BCUT2D eigenvalue weighted by Crippen LogP contribution is -2.45. The van der Waals surface area contributed by atoms with E-state index >= 15 is 0 Å². The molecule has 0 rings (SSSR count). The van der Waals surface area contributed by atoms with Crippen molar-refractivity contribution >= 4 is 5.91 Å². The minimum atomic E-state index is -0.947. The Labute approximate surface area is 101 Å². The van der Waals surface area contributed by atoms with Crippen molar-refractivity contribution in [2.24, 2.45) is 16.6 Å². The van der Waals surface area contributed by atoms with Crippen molar-refractivity contribution in [3.63, 3.8) is 0 Å². The summed E-state index contributed by atoms with van der Waals surface area (Å²) in [5.74, 6) is -0.291. The van der Waals surface area contributed by atoms with Crippen LogP contribution in [-0.2, 0) is 9.63 Å². The quantitative estimate of drug-likeness (QED) is 0.497. The Morgan fingerprint density at radius 2 is 1.94 bits per heavy atom. The highest BCUT2D eigenvalue weighted by Gasteiger charge is 2.30. The van der Waals surface area contributed by atoms with Crippen LogP contribution in [0, 0.1) is 20.9 Å². The predicted molar refractivity (Wildman–Crippen MR) is 62.6 cm³/mol. The van der Waals surface area contributed by atoms with Gasteiger partial charge in [0.2, 0.25) is 5.91 Å². The molecule has 0 saturated carbocycles. The molecule has 3 N–H and O–H groups in total. The number of hydrogen-bond donors (Lipinski definition) is 2. The Hall–Kier alpha value is -1.37. The van der Waals surface area contributed by atoms with Crippen LogP contribution in [0.15, 0.2) is 0 Å². The van der Waals surface area contributed by atoms with Crippen LogP contribution in [0.3, 0.4) is 0 Å². The second-order valence-electron chi connectivity index (χ2n) is 5.43. The van der Waals surface area contributed by atoms with Crippen molar-refractivity contribution in [3.05, 3.63) is 10.1 Å². The van der Waals surface area contributed by atoms with Crippen molar-refractivity contribution in [2.75, 3.05) is 19.7 Å². The van der Waals surface area contributed by atoms with E-state index in [1.807, 2.05) is 13.8 Å². The maximum atomic E-state index is 11.8. The van der Waals surface area contributed by atoms with Gasteiger partial charge in [-0.25, -0.2) is 0 Å². The van der Waals surface area contributed by atoms with Gasteiger partial charge in [0.05, 0.1) is 5.41 Å². The summed E-state index contributed by atoms with van der Waals surface area (Å²) in [6.45, 7) is 7.61. The van der Waals surface area contributed by atoms with Crippen LogP contribution in [-0.4, -0.2) is 30.7 Å². The van der Waals surface area contributed by atoms with E-state index in [0.29, 0.717) is 13.1 Å². The van der Waals surface area contributed by atoms with Crippen molar-refractivity contribution in [1.29, 1.82) is 0 Å². The molecular weight excluding hydrogens is 226 g/mol. The summed E-state index contributed by atoms with van der Waals surface area (Å²) in [5, 5.41) is 11.9. The highest BCUT2D eigenvalue weighted by atomic mass is 16.9.